The van der Waals surface area contributed by atoms with Gasteiger partial charge in [-0.25, -0.2) is 8.42 Å². The smallest absolute Gasteiger partial charge is 0.274 e. The Balaban J connectivity index is 2.46. The van der Waals surface area contributed by atoms with Crippen LogP contribution < -0.4 is 9.46 Å². The molecule has 2 aromatic carbocycles. The number of methoxy groups -OCH3 is 1. The molecule has 0 bridgehead atoms. The van der Waals surface area contributed by atoms with Gasteiger partial charge in [0.1, 0.15) is 5.75 Å². The number of rotatable bonds is 6. The molecular formula is C17H20N2O5S. The lowest BCUT2D eigenvalue weighted by Gasteiger charge is -2.15. The number of anilines is 1. The number of hydrogen-bond donors (Lipinski definition) is 1. The van der Waals surface area contributed by atoms with Crippen LogP contribution >= 0.6 is 0 Å². The zero-order valence-electron chi connectivity index (χ0n) is 14.4. The molecule has 0 atom stereocenters. The standard InChI is InChI=1S/C17H20N2O5S/c1-11(2)14-10-13(8-9-17(14)24-4)25(22,23)18-15-6-5-7-16(12(15)3)19(20)21/h5-11,18H,1-4H3. The summed E-state index contributed by atoms with van der Waals surface area (Å²) >= 11 is 0. The number of hydrogen-bond acceptors (Lipinski definition) is 5. The summed E-state index contributed by atoms with van der Waals surface area (Å²) in [5, 5.41) is 11.0. The van der Waals surface area contributed by atoms with Crippen LogP contribution in [-0.2, 0) is 10.0 Å². The van der Waals surface area contributed by atoms with Crippen LogP contribution in [-0.4, -0.2) is 20.5 Å². The number of sulfonamides is 1. The van der Waals surface area contributed by atoms with Crippen molar-refractivity contribution in [1.82, 2.24) is 0 Å². The average Bonchev–Trinajstić information content (AvgIpc) is 2.55. The third-order valence-corrected chi connectivity index (χ3v) is 5.24. The van der Waals surface area contributed by atoms with Crippen molar-refractivity contribution in [2.75, 3.05) is 11.8 Å². The number of benzene rings is 2. The fraction of sp³-hybridized carbons (Fsp3) is 0.294. The normalized spacial score (nSPS) is 11.4. The van der Waals surface area contributed by atoms with E-state index in [-0.39, 0.29) is 27.8 Å². The van der Waals surface area contributed by atoms with Gasteiger partial charge in [0.05, 0.1) is 28.2 Å². The molecular weight excluding hydrogens is 344 g/mol. The van der Waals surface area contributed by atoms with Gasteiger partial charge in [-0.3, -0.25) is 14.8 Å². The molecule has 2 rings (SSSR count). The Kier molecular flexibility index (Phi) is 5.32. The SMILES string of the molecule is COc1ccc(S(=O)(=O)Nc2cccc([N+](=O)[O-])c2C)cc1C(C)C. The van der Waals surface area contributed by atoms with E-state index in [1.165, 1.54) is 38.3 Å². The molecule has 0 fully saturated rings. The largest absolute Gasteiger partial charge is 0.496 e. The minimum absolute atomic E-state index is 0.0721. The minimum atomic E-state index is -3.89. The maximum Gasteiger partial charge on any atom is 0.274 e. The highest BCUT2D eigenvalue weighted by Crippen LogP contribution is 2.31. The van der Waals surface area contributed by atoms with Crippen molar-refractivity contribution in [3.05, 3.63) is 57.6 Å². The quantitative estimate of drug-likeness (QED) is 0.620. The van der Waals surface area contributed by atoms with E-state index in [1.54, 1.807) is 12.1 Å². The monoisotopic (exact) mass is 364 g/mol. The predicted molar refractivity (Wildman–Crippen MR) is 95.7 cm³/mol. The minimum Gasteiger partial charge on any atom is -0.496 e. The van der Waals surface area contributed by atoms with Gasteiger partial charge >= 0.3 is 0 Å². The van der Waals surface area contributed by atoms with Crippen molar-refractivity contribution in [3.63, 3.8) is 0 Å². The topological polar surface area (TPSA) is 98.5 Å². The highest BCUT2D eigenvalue weighted by Gasteiger charge is 2.21. The number of nitrogens with zero attached hydrogens (tertiary/aromatic N) is 1. The fourth-order valence-corrected chi connectivity index (χ4v) is 3.62. The van der Waals surface area contributed by atoms with E-state index in [4.69, 9.17) is 4.74 Å². The first-order valence-corrected chi connectivity index (χ1v) is 9.10. The Bertz CT molecular complexity index is 907. The van der Waals surface area contributed by atoms with E-state index >= 15 is 0 Å². The summed E-state index contributed by atoms with van der Waals surface area (Å²) in [6, 6.07) is 8.86. The summed E-state index contributed by atoms with van der Waals surface area (Å²) in [5.74, 6) is 0.685. The molecule has 0 radical (unpaired) electrons. The van der Waals surface area contributed by atoms with Crippen molar-refractivity contribution >= 4 is 21.4 Å². The fourth-order valence-electron chi connectivity index (χ4n) is 2.47. The third-order valence-electron chi connectivity index (χ3n) is 3.88. The van der Waals surface area contributed by atoms with Gasteiger partial charge in [-0.15, -0.1) is 0 Å². The van der Waals surface area contributed by atoms with Crippen LogP contribution in [0.5, 0.6) is 5.75 Å². The second-order valence-electron chi connectivity index (χ2n) is 5.87. The lowest BCUT2D eigenvalue weighted by Crippen LogP contribution is -2.14. The summed E-state index contributed by atoms with van der Waals surface area (Å²) in [5.41, 5.74) is 1.06. The van der Waals surface area contributed by atoms with Crippen molar-refractivity contribution in [2.45, 2.75) is 31.6 Å². The van der Waals surface area contributed by atoms with Crippen LogP contribution in [0.25, 0.3) is 0 Å². The van der Waals surface area contributed by atoms with Crippen LogP contribution in [0.1, 0.15) is 30.9 Å². The van der Waals surface area contributed by atoms with Gasteiger partial charge in [0.2, 0.25) is 0 Å². The van der Waals surface area contributed by atoms with Gasteiger partial charge in [-0.1, -0.05) is 19.9 Å². The van der Waals surface area contributed by atoms with Crippen molar-refractivity contribution in [3.8, 4) is 5.75 Å². The molecule has 0 amide bonds. The van der Waals surface area contributed by atoms with E-state index in [0.29, 0.717) is 5.75 Å². The molecule has 0 aromatic heterocycles. The number of nitrogens with one attached hydrogen (secondary N) is 1. The van der Waals surface area contributed by atoms with E-state index < -0.39 is 14.9 Å². The van der Waals surface area contributed by atoms with Crippen molar-refractivity contribution in [2.24, 2.45) is 0 Å². The molecule has 0 spiro atoms. The summed E-state index contributed by atoms with van der Waals surface area (Å²) in [7, 11) is -2.36. The zero-order valence-corrected chi connectivity index (χ0v) is 15.3. The summed E-state index contributed by atoms with van der Waals surface area (Å²) < 4.78 is 33.1. The molecule has 2 aromatic rings. The Morgan fingerprint density at radius 2 is 1.88 bits per heavy atom. The lowest BCUT2D eigenvalue weighted by atomic mass is 10.0. The van der Waals surface area contributed by atoms with Gasteiger partial charge in [0.15, 0.2) is 0 Å². The van der Waals surface area contributed by atoms with Gasteiger partial charge in [-0.2, -0.15) is 0 Å². The predicted octanol–water partition coefficient (Wildman–Crippen LogP) is 3.84. The second-order valence-corrected chi connectivity index (χ2v) is 7.55. The van der Waals surface area contributed by atoms with Crippen LogP contribution in [0, 0.1) is 17.0 Å². The summed E-state index contributed by atoms with van der Waals surface area (Å²) in [6.45, 7) is 5.38. The van der Waals surface area contributed by atoms with Gasteiger partial charge in [0.25, 0.3) is 15.7 Å². The molecule has 0 saturated carbocycles. The summed E-state index contributed by atoms with van der Waals surface area (Å²) in [6.07, 6.45) is 0. The van der Waals surface area contributed by atoms with E-state index in [1.807, 2.05) is 13.8 Å². The highest BCUT2D eigenvalue weighted by atomic mass is 32.2. The average molecular weight is 364 g/mol. The van der Waals surface area contributed by atoms with Crippen molar-refractivity contribution in [1.29, 1.82) is 0 Å². The molecule has 0 aliphatic carbocycles. The van der Waals surface area contributed by atoms with Gasteiger partial charge < -0.3 is 4.74 Å². The van der Waals surface area contributed by atoms with E-state index in [0.717, 1.165) is 5.56 Å². The van der Waals surface area contributed by atoms with Crippen LogP contribution in [0.4, 0.5) is 11.4 Å². The molecule has 0 aliphatic rings. The molecule has 8 heteroatoms. The zero-order chi connectivity index (χ0) is 18.8. The second kappa shape index (κ2) is 7.10. The molecule has 0 aliphatic heterocycles. The molecule has 1 N–H and O–H groups in total. The highest BCUT2D eigenvalue weighted by molar-refractivity contribution is 7.92. The van der Waals surface area contributed by atoms with Crippen LogP contribution in [0.3, 0.4) is 0 Å². The Labute approximate surface area is 146 Å². The van der Waals surface area contributed by atoms with E-state index in [2.05, 4.69) is 4.72 Å². The molecule has 0 heterocycles. The first kappa shape index (κ1) is 18.7. The first-order chi connectivity index (χ1) is 11.7. The molecule has 0 unspecified atom stereocenters. The van der Waals surface area contributed by atoms with Gasteiger partial charge in [0, 0.05) is 6.07 Å². The maximum atomic E-state index is 12.7. The third kappa shape index (κ3) is 3.90. The number of nitro groups is 1. The lowest BCUT2D eigenvalue weighted by molar-refractivity contribution is -0.385. The Morgan fingerprint density at radius 3 is 2.44 bits per heavy atom. The first-order valence-electron chi connectivity index (χ1n) is 7.62. The Hall–Kier alpha value is -2.61. The maximum absolute atomic E-state index is 12.7. The molecule has 25 heavy (non-hydrogen) atoms. The summed E-state index contributed by atoms with van der Waals surface area (Å²) in [4.78, 5) is 10.5. The molecule has 0 saturated heterocycles. The number of nitro benzene ring substituents is 1. The number of ether oxygens (including phenoxy) is 1. The van der Waals surface area contributed by atoms with E-state index in [9.17, 15) is 18.5 Å². The van der Waals surface area contributed by atoms with Crippen molar-refractivity contribution < 1.29 is 18.1 Å². The van der Waals surface area contributed by atoms with Gasteiger partial charge in [-0.05, 0) is 42.7 Å². The molecule has 134 valence electrons. The molecule has 7 nitrogen and oxygen atoms in total. The van der Waals surface area contributed by atoms with Crippen LogP contribution in [0.15, 0.2) is 41.3 Å². The van der Waals surface area contributed by atoms with Crippen LogP contribution in [0.2, 0.25) is 0 Å². The Morgan fingerprint density at radius 1 is 1.20 bits per heavy atom.